The van der Waals surface area contributed by atoms with Gasteiger partial charge >= 0.3 is 0 Å². The monoisotopic (exact) mass is 332 g/mol. The molecule has 0 fully saturated rings. The highest BCUT2D eigenvalue weighted by molar-refractivity contribution is 9.09. The number of rotatable bonds is 4. The van der Waals surface area contributed by atoms with Crippen LogP contribution in [0.25, 0.3) is 0 Å². The predicted octanol–water partition coefficient (Wildman–Crippen LogP) is 5.49. The lowest BCUT2D eigenvalue weighted by atomic mass is 9.97. The van der Waals surface area contributed by atoms with Gasteiger partial charge < -0.3 is 4.74 Å². The van der Waals surface area contributed by atoms with Crippen molar-refractivity contribution in [2.45, 2.75) is 32.5 Å². The van der Waals surface area contributed by atoms with Gasteiger partial charge in [0.25, 0.3) is 0 Å². The average Bonchev–Trinajstić information content (AvgIpc) is 2.43. The summed E-state index contributed by atoms with van der Waals surface area (Å²) in [5, 5.41) is 0. The first-order valence-electron chi connectivity index (χ1n) is 6.97. The largest absolute Gasteiger partial charge is 0.494 e. The van der Waals surface area contributed by atoms with E-state index in [1.54, 1.807) is 0 Å². The molecule has 1 atom stereocenters. The van der Waals surface area contributed by atoms with Crippen LogP contribution in [0.4, 0.5) is 0 Å². The molecule has 0 heterocycles. The molecule has 0 N–H and O–H groups in total. The van der Waals surface area contributed by atoms with Crippen LogP contribution < -0.4 is 4.74 Å². The van der Waals surface area contributed by atoms with Crippen LogP contribution in [0.15, 0.2) is 36.4 Å². The van der Waals surface area contributed by atoms with Crippen LogP contribution in [0.3, 0.4) is 0 Å². The molecule has 0 aliphatic heterocycles. The second-order valence-electron chi connectivity index (χ2n) is 5.20. The van der Waals surface area contributed by atoms with Crippen LogP contribution in [0.2, 0.25) is 0 Å². The van der Waals surface area contributed by atoms with Gasteiger partial charge in [-0.05, 0) is 44.9 Å². The lowest BCUT2D eigenvalue weighted by molar-refractivity contribution is 0.337. The zero-order chi connectivity index (χ0) is 14.7. The molecule has 1 unspecified atom stereocenters. The molecular formula is C18H21BrO. The molecule has 0 saturated carbocycles. The first kappa shape index (κ1) is 15.1. The zero-order valence-electron chi connectivity index (χ0n) is 12.5. The molecule has 20 heavy (non-hydrogen) atoms. The topological polar surface area (TPSA) is 9.23 Å². The Morgan fingerprint density at radius 2 is 1.55 bits per heavy atom. The third-order valence-electron chi connectivity index (χ3n) is 3.45. The zero-order valence-corrected chi connectivity index (χ0v) is 14.1. The van der Waals surface area contributed by atoms with Crippen LogP contribution >= 0.6 is 15.9 Å². The number of benzene rings is 2. The summed E-state index contributed by atoms with van der Waals surface area (Å²) in [7, 11) is 0. The molecule has 0 aliphatic rings. The minimum absolute atomic E-state index is 0.156. The van der Waals surface area contributed by atoms with Gasteiger partial charge in [0, 0.05) is 5.56 Å². The highest BCUT2D eigenvalue weighted by atomic mass is 79.9. The van der Waals surface area contributed by atoms with Crippen molar-refractivity contribution < 1.29 is 4.74 Å². The van der Waals surface area contributed by atoms with Crippen molar-refractivity contribution in [3.8, 4) is 5.75 Å². The number of halogens is 1. The number of alkyl halides is 1. The first-order chi connectivity index (χ1) is 9.52. The fourth-order valence-electron chi connectivity index (χ4n) is 2.35. The normalized spacial score (nSPS) is 12.2. The van der Waals surface area contributed by atoms with Gasteiger partial charge in [-0.25, -0.2) is 0 Å². The summed E-state index contributed by atoms with van der Waals surface area (Å²) in [6.45, 7) is 9.09. The smallest absolute Gasteiger partial charge is 0.123 e. The predicted molar refractivity (Wildman–Crippen MR) is 89.0 cm³/mol. The quantitative estimate of drug-likeness (QED) is 0.672. The Bertz CT molecular complexity index is 604. The number of hydrogen-bond donors (Lipinski definition) is 0. The lowest BCUT2D eigenvalue weighted by Gasteiger charge is -2.18. The first-order valence-corrected chi connectivity index (χ1v) is 7.89. The van der Waals surface area contributed by atoms with Crippen molar-refractivity contribution >= 4 is 15.9 Å². The second kappa shape index (κ2) is 6.45. The Hall–Kier alpha value is -1.28. The second-order valence-corrected chi connectivity index (χ2v) is 6.11. The van der Waals surface area contributed by atoms with Crippen molar-refractivity contribution in [2.24, 2.45) is 0 Å². The third kappa shape index (κ3) is 3.24. The molecule has 0 amide bonds. The van der Waals surface area contributed by atoms with Gasteiger partial charge in [0.1, 0.15) is 5.75 Å². The molecule has 2 rings (SSSR count). The molecule has 2 aromatic rings. The Labute approximate surface area is 130 Å². The summed E-state index contributed by atoms with van der Waals surface area (Å²) < 4.78 is 5.77. The maximum absolute atomic E-state index is 5.77. The fraction of sp³-hybridized carbons (Fsp3) is 0.333. The van der Waals surface area contributed by atoms with Crippen LogP contribution in [0, 0.1) is 20.8 Å². The van der Waals surface area contributed by atoms with Crippen molar-refractivity contribution in [3.63, 3.8) is 0 Å². The molecule has 2 aromatic carbocycles. The van der Waals surface area contributed by atoms with Crippen LogP contribution in [-0.2, 0) is 0 Å². The van der Waals surface area contributed by atoms with Gasteiger partial charge in [0.15, 0.2) is 0 Å². The van der Waals surface area contributed by atoms with E-state index in [1.165, 1.54) is 27.8 Å². The summed E-state index contributed by atoms with van der Waals surface area (Å²) in [5.74, 6) is 0.959. The Balaban J connectivity index is 2.49. The van der Waals surface area contributed by atoms with Gasteiger partial charge in [-0.2, -0.15) is 0 Å². The van der Waals surface area contributed by atoms with Gasteiger partial charge in [0.05, 0.1) is 11.4 Å². The molecule has 0 saturated heterocycles. The van der Waals surface area contributed by atoms with Crippen LogP contribution in [0.1, 0.15) is 39.6 Å². The minimum Gasteiger partial charge on any atom is -0.494 e. The SMILES string of the molecule is CCOc1ccc(C)cc1C(Br)c1cc(C)ccc1C. The Morgan fingerprint density at radius 3 is 2.20 bits per heavy atom. The molecule has 0 spiro atoms. The fourth-order valence-corrected chi connectivity index (χ4v) is 3.20. The van der Waals surface area contributed by atoms with Gasteiger partial charge in [0.2, 0.25) is 0 Å². The third-order valence-corrected chi connectivity index (χ3v) is 4.43. The van der Waals surface area contributed by atoms with E-state index in [0.29, 0.717) is 6.61 Å². The van der Waals surface area contributed by atoms with Crippen molar-refractivity contribution in [1.29, 1.82) is 0 Å². The maximum atomic E-state index is 5.77. The molecular weight excluding hydrogens is 312 g/mol. The summed E-state index contributed by atoms with van der Waals surface area (Å²) in [5.41, 5.74) is 6.32. The molecule has 0 bridgehead atoms. The van der Waals surface area contributed by atoms with E-state index in [-0.39, 0.29) is 4.83 Å². The van der Waals surface area contributed by atoms with E-state index in [1.807, 2.05) is 6.92 Å². The molecule has 2 heteroatoms. The van der Waals surface area contributed by atoms with E-state index >= 15 is 0 Å². The summed E-state index contributed by atoms with van der Waals surface area (Å²) in [6.07, 6.45) is 0. The molecule has 0 radical (unpaired) electrons. The van der Waals surface area contributed by atoms with Gasteiger partial charge in [-0.15, -0.1) is 0 Å². The van der Waals surface area contributed by atoms with Crippen LogP contribution in [-0.4, -0.2) is 6.61 Å². The lowest BCUT2D eigenvalue weighted by Crippen LogP contribution is -2.02. The molecule has 1 nitrogen and oxygen atoms in total. The maximum Gasteiger partial charge on any atom is 0.123 e. The summed E-state index contributed by atoms with van der Waals surface area (Å²) in [4.78, 5) is 0.156. The van der Waals surface area contributed by atoms with Crippen LogP contribution in [0.5, 0.6) is 5.75 Å². The Morgan fingerprint density at radius 1 is 0.950 bits per heavy atom. The van der Waals surface area contributed by atoms with Crippen molar-refractivity contribution in [2.75, 3.05) is 6.61 Å². The Kier molecular flexibility index (Phi) is 4.87. The standard InChI is InChI=1S/C18H21BrO/c1-5-20-17-9-7-13(3)11-16(17)18(19)15-10-12(2)6-8-14(15)4/h6-11,18H,5H2,1-4H3. The van der Waals surface area contributed by atoms with Gasteiger partial charge in [-0.1, -0.05) is 57.4 Å². The average molecular weight is 333 g/mol. The highest BCUT2D eigenvalue weighted by Gasteiger charge is 2.17. The van der Waals surface area contributed by atoms with E-state index in [0.717, 1.165) is 5.75 Å². The van der Waals surface area contributed by atoms with E-state index in [4.69, 9.17) is 4.74 Å². The molecule has 0 aromatic heterocycles. The van der Waals surface area contributed by atoms with Crippen molar-refractivity contribution in [3.05, 3.63) is 64.2 Å². The van der Waals surface area contributed by atoms with Crippen molar-refractivity contribution in [1.82, 2.24) is 0 Å². The summed E-state index contributed by atoms with van der Waals surface area (Å²) >= 11 is 3.85. The number of ether oxygens (including phenoxy) is 1. The number of hydrogen-bond acceptors (Lipinski definition) is 1. The molecule has 106 valence electrons. The molecule has 0 aliphatic carbocycles. The number of aryl methyl sites for hydroxylation is 3. The van der Waals surface area contributed by atoms with E-state index in [9.17, 15) is 0 Å². The minimum atomic E-state index is 0.156. The highest BCUT2D eigenvalue weighted by Crippen LogP contribution is 2.38. The van der Waals surface area contributed by atoms with Gasteiger partial charge in [-0.3, -0.25) is 0 Å². The van der Waals surface area contributed by atoms with E-state index in [2.05, 4.69) is 73.1 Å². The van der Waals surface area contributed by atoms with E-state index < -0.39 is 0 Å². The summed E-state index contributed by atoms with van der Waals surface area (Å²) in [6, 6.07) is 12.9.